The topological polar surface area (TPSA) is 66.6 Å². The molecule has 5 nitrogen and oxygen atoms in total. The Balaban J connectivity index is 2.39. The molecular weight excluding hydrogens is 230 g/mol. The quantitative estimate of drug-likeness (QED) is 0.690. The van der Waals surface area contributed by atoms with Crippen LogP contribution in [0, 0.1) is 0 Å². The largest absolute Gasteiger partial charge is 0.369 e. The van der Waals surface area contributed by atoms with Crippen LogP contribution in [0.1, 0.15) is 12.8 Å². The number of rotatable bonds is 4. The van der Waals surface area contributed by atoms with E-state index in [0.29, 0.717) is 25.4 Å². The molecule has 0 aliphatic carbocycles. The van der Waals surface area contributed by atoms with Crippen molar-refractivity contribution in [2.75, 3.05) is 38.6 Å². The smallest absolute Gasteiger partial charge is 0.231 e. The highest BCUT2D eigenvalue weighted by atomic mass is 35.5. The van der Waals surface area contributed by atoms with Crippen LogP contribution in [0.15, 0.2) is 0 Å². The Kier molecular flexibility index (Phi) is 5.55. The van der Waals surface area contributed by atoms with E-state index in [4.69, 9.17) is 17.3 Å². The average molecular weight is 248 g/mol. The first kappa shape index (κ1) is 13.3. The number of alkyl halides is 1. The van der Waals surface area contributed by atoms with E-state index in [1.807, 2.05) is 9.80 Å². The molecule has 0 atom stereocenters. The van der Waals surface area contributed by atoms with Crippen molar-refractivity contribution in [1.29, 1.82) is 0 Å². The van der Waals surface area contributed by atoms with Gasteiger partial charge < -0.3 is 10.6 Å². The van der Waals surface area contributed by atoms with Gasteiger partial charge in [-0.1, -0.05) is 0 Å². The fraction of sp³-hybridized carbons (Fsp3) is 0.800. The average Bonchev–Trinajstić information content (AvgIpc) is 2.43. The van der Waals surface area contributed by atoms with Crippen LogP contribution in [0.3, 0.4) is 0 Å². The molecule has 0 unspecified atom stereocenters. The third kappa shape index (κ3) is 4.37. The molecule has 0 bridgehead atoms. The van der Waals surface area contributed by atoms with E-state index < -0.39 is 0 Å². The van der Waals surface area contributed by atoms with Gasteiger partial charge in [0, 0.05) is 38.5 Å². The number of nitrogens with zero attached hydrogens (tertiary/aromatic N) is 2. The predicted octanol–water partition coefficient (Wildman–Crippen LogP) is -0.365. The Morgan fingerprint density at radius 1 is 1.19 bits per heavy atom. The molecule has 1 fully saturated rings. The number of hydrogen-bond acceptors (Lipinski definition) is 3. The van der Waals surface area contributed by atoms with Crippen molar-refractivity contribution in [3.63, 3.8) is 0 Å². The molecule has 0 radical (unpaired) electrons. The highest BCUT2D eigenvalue weighted by Gasteiger charge is 2.19. The van der Waals surface area contributed by atoms with E-state index >= 15 is 0 Å². The number of halogens is 1. The summed E-state index contributed by atoms with van der Waals surface area (Å²) in [4.78, 5) is 26.2. The summed E-state index contributed by atoms with van der Waals surface area (Å²) in [5.74, 6) is 0.136. The lowest BCUT2D eigenvalue weighted by atomic mass is 10.3. The molecule has 16 heavy (non-hydrogen) atoms. The fourth-order valence-electron chi connectivity index (χ4n) is 1.84. The van der Waals surface area contributed by atoms with Gasteiger partial charge in [-0.05, 0) is 6.42 Å². The van der Waals surface area contributed by atoms with Gasteiger partial charge in [-0.2, -0.15) is 0 Å². The Morgan fingerprint density at radius 3 is 2.56 bits per heavy atom. The summed E-state index contributed by atoms with van der Waals surface area (Å²) in [5, 5.41) is 0. The summed E-state index contributed by atoms with van der Waals surface area (Å²) >= 11 is 5.53. The second-order valence-corrected chi connectivity index (χ2v) is 4.29. The van der Waals surface area contributed by atoms with Crippen molar-refractivity contribution in [2.24, 2.45) is 5.73 Å². The van der Waals surface area contributed by atoms with Crippen LogP contribution in [-0.4, -0.2) is 60.2 Å². The Hall–Kier alpha value is -0.810. The number of carbonyl (C=O) groups is 2. The molecule has 92 valence electrons. The SMILES string of the molecule is NC(=O)CN1CCCN(C(=O)CCCl)CC1. The number of carbonyl (C=O) groups excluding carboxylic acids is 2. The van der Waals surface area contributed by atoms with E-state index in [1.165, 1.54) is 0 Å². The summed E-state index contributed by atoms with van der Waals surface area (Å²) < 4.78 is 0. The first-order chi connectivity index (χ1) is 7.63. The Bertz CT molecular complexity index is 260. The third-order valence-corrected chi connectivity index (χ3v) is 2.82. The van der Waals surface area contributed by atoms with E-state index in [2.05, 4.69) is 0 Å². The molecule has 1 aliphatic rings. The molecule has 0 aromatic heterocycles. The number of primary amides is 1. The number of amides is 2. The van der Waals surface area contributed by atoms with Crippen molar-refractivity contribution < 1.29 is 9.59 Å². The number of hydrogen-bond donors (Lipinski definition) is 1. The van der Waals surface area contributed by atoms with Crippen molar-refractivity contribution in [2.45, 2.75) is 12.8 Å². The second-order valence-electron chi connectivity index (χ2n) is 3.92. The minimum absolute atomic E-state index is 0.0934. The van der Waals surface area contributed by atoms with E-state index in [9.17, 15) is 9.59 Å². The zero-order valence-electron chi connectivity index (χ0n) is 9.32. The minimum atomic E-state index is -0.319. The number of nitrogens with two attached hydrogens (primary N) is 1. The van der Waals surface area contributed by atoms with E-state index in [1.54, 1.807) is 0 Å². The molecule has 0 saturated carbocycles. The van der Waals surface area contributed by atoms with Crippen LogP contribution in [0.5, 0.6) is 0 Å². The summed E-state index contributed by atoms with van der Waals surface area (Å²) in [6.45, 7) is 3.19. The monoisotopic (exact) mass is 247 g/mol. The van der Waals surface area contributed by atoms with E-state index in [0.717, 1.165) is 19.5 Å². The van der Waals surface area contributed by atoms with Crippen molar-refractivity contribution in [3.8, 4) is 0 Å². The van der Waals surface area contributed by atoms with Crippen LogP contribution < -0.4 is 5.73 Å². The van der Waals surface area contributed by atoms with Crippen LogP contribution >= 0.6 is 11.6 Å². The molecule has 2 amide bonds. The van der Waals surface area contributed by atoms with Gasteiger partial charge in [-0.25, -0.2) is 0 Å². The maximum absolute atomic E-state index is 11.6. The molecule has 1 saturated heterocycles. The van der Waals surface area contributed by atoms with Crippen LogP contribution in [0.2, 0.25) is 0 Å². The predicted molar refractivity (Wildman–Crippen MR) is 62.2 cm³/mol. The van der Waals surface area contributed by atoms with Crippen molar-refractivity contribution in [3.05, 3.63) is 0 Å². The minimum Gasteiger partial charge on any atom is -0.369 e. The third-order valence-electron chi connectivity index (χ3n) is 2.63. The lowest BCUT2D eigenvalue weighted by molar-refractivity contribution is -0.130. The van der Waals surface area contributed by atoms with Gasteiger partial charge >= 0.3 is 0 Å². The van der Waals surface area contributed by atoms with Crippen LogP contribution in [0.25, 0.3) is 0 Å². The zero-order chi connectivity index (χ0) is 12.0. The molecule has 0 aromatic rings. The van der Waals surface area contributed by atoms with E-state index in [-0.39, 0.29) is 18.4 Å². The van der Waals surface area contributed by atoms with Gasteiger partial charge in [0.05, 0.1) is 6.54 Å². The molecule has 0 spiro atoms. The van der Waals surface area contributed by atoms with Crippen LogP contribution in [-0.2, 0) is 9.59 Å². The normalized spacial score (nSPS) is 18.2. The van der Waals surface area contributed by atoms with Gasteiger partial charge in [-0.3, -0.25) is 14.5 Å². The van der Waals surface area contributed by atoms with Crippen LogP contribution in [0.4, 0.5) is 0 Å². The summed E-state index contributed by atoms with van der Waals surface area (Å²) in [6.07, 6.45) is 1.26. The van der Waals surface area contributed by atoms with Crippen molar-refractivity contribution in [1.82, 2.24) is 9.80 Å². The Morgan fingerprint density at radius 2 is 1.94 bits per heavy atom. The summed E-state index contributed by atoms with van der Waals surface area (Å²) in [6, 6.07) is 0. The molecule has 1 aliphatic heterocycles. The fourth-order valence-corrected chi connectivity index (χ4v) is 2.00. The Labute approximate surface area is 101 Å². The summed E-state index contributed by atoms with van der Waals surface area (Å²) in [7, 11) is 0. The summed E-state index contributed by atoms with van der Waals surface area (Å²) in [5.41, 5.74) is 5.14. The lowest BCUT2D eigenvalue weighted by Crippen LogP contribution is -2.38. The standard InChI is InChI=1S/C10H18ClN3O2/c11-3-2-10(16)14-5-1-4-13(6-7-14)8-9(12)15/h1-8H2,(H2,12,15). The maximum atomic E-state index is 11.6. The first-order valence-corrected chi connectivity index (χ1v) is 6.01. The highest BCUT2D eigenvalue weighted by Crippen LogP contribution is 2.05. The van der Waals surface area contributed by atoms with Gasteiger partial charge in [0.15, 0.2) is 0 Å². The molecule has 0 aromatic carbocycles. The highest BCUT2D eigenvalue weighted by molar-refractivity contribution is 6.18. The van der Waals surface area contributed by atoms with Gasteiger partial charge in [0.25, 0.3) is 0 Å². The molecule has 6 heteroatoms. The van der Waals surface area contributed by atoms with Gasteiger partial charge in [-0.15, -0.1) is 11.6 Å². The van der Waals surface area contributed by atoms with Gasteiger partial charge in [0.1, 0.15) is 0 Å². The molecular formula is C10H18ClN3O2. The van der Waals surface area contributed by atoms with Crippen molar-refractivity contribution >= 4 is 23.4 Å². The van der Waals surface area contributed by atoms with Gasteiger partial charge in [0.2, 0.25) is 11.8 Å². The zero-order valence-corrected chi connectivity index (χ0v) is 10.1. The maximum Gasteiger partial charge on any atom is 0.231 e. The molecule has 1 rings (SSSR count). The molecule has 2 N–H and O–H groups in total. The first-order valence-electron chi connectivity index (χ1n) is 5.48. The lowest BCUT2D eigenvalue weighted by Gasteiger charge is -2.20. The second kappa shape index (κ2) is 6.70. The molecule has 1 heterocycles.